The molecule has 0 aliphatic heterocycles. The standard InChI is InChI=1S/C15H29NO/c1-13(10-11-15(3,4)17-5)8-6-7-9-14(2)12-16/h6-7,9,13H,8,10-12,16H2,1-5H3/b7-6+,14-9+. The van der Waals surface area contributed by atoms with Crippen LogP contribution in [0.15, 0.2) is 23.8 Å². The lowest BCUT2D eigenvalue weighted by Gasteiger charge is -2.24. The maximum atomic E-state index is 5.51. The fourth-order valence-corrected chi connectivity index (χ4v) is 1.43. The minimum Gasteiger partial charge on any atom is -0.379 e. The summed E-state index contributed by atoms with van der Waals surface area (Å²) in [5.41, 5.74) is 6.73. The summed E-state index contributed by atoms with van der Waals surface area (Å²) in [7, 11) is 1.78. The highest BCUT2D eigenvalue weighted by atomic mass is 16.5. The molecule has 0 spiro atoms. The van der Waals surface area contributed by atoms with Gasteiger partial charge in [0.05, 0.1) is 5.60 Å². The van der Waals surface area contributed by atoms with Crippen molar-refractivity contribution in [3.8, 4) is 0 Å². The van der Waals surface area contributed by atoms with E-state index in [2.05, 4.69) is 45.9 Å². The molecule has 100 valence electrons. The zero-order chi connectivity index (χ0) is 13.3. The first-order valence-electron chi connectivity index (χ1n) is 6.49. The number of nitrogens with two attached hydrogens (primary N) is 1. The Hall–Kier alpha value is -0.600. The molecule has 2 nitrogen and oxygen atoms in total. The van der Waals surface area contributed by atoms with Crippen molar-refractivity contribution < 1.29 is 4.74 Å². The molecule has 2 N–H and O–H groups in total. The summed E-state index contributed by atoms with van der Waals surface area (Å²) in [6.07, 6.45) is 9.85. The largest absolute Gasteiger partial charge is 0.379 e. The van der Waals surface area contributed by atoms with Crippen molar-refractivity contribution in [2.24, 2.45) is 11.7 Å². The molecule has 0 rings (SSSR count). The SMILES string of the molecule is COC(C)(C)CCC(C)C/C=C/C=C(\C)CN. The fraction of sp³-hybridized carbons (Fsp3) is 0.733. The van der Waals surface area contributed by atoms with Gasteiger partial charge in [-0.3, -0.25) is 0 Å². The summed E-state index contributed by atoms with van der Waals surface area (Å²) in [5.74, 6) is 0.701. The van der Waals surface area contributed by atoms with Crippen LogP contribution in [0.3, 0.4) is 0 Å². The average molecular weight is 239 g/mol. The Morgan fingerprint density at radius 3 is 2.59 bits per heavy atom. The van der Waals surface area contributed by atoms with Crippen molar-refractivity contribution in [2.45, 2.75) is 52.6 Å². The molecule has 1 unspecified atom stereocenters. The van der Waals surface area contributed by atoms with Crippen molar-refractivity contribution in [1.82, 2.24) is 0 Å². The van der Waals surface area contributed by atoms with Crippen LogP contribution in [-0.2, 0) is 4.74 Å². The van der Waals surface area contributed by atoms with Gasteiger partial charge in [-0.1, -0.05) is 30.7 Å². The van der Waals surface area contributed by atoms with Gasteiger partial charge in [0.15, 0.2) is 0 Å². The molecule has 0 saturated heterocycles. The molecule has 0 saturated carbocycles. The minimum absolute atomic E-state index is 0.00795. The normalized spacial score (nSPS) is 15.5. The first kappa shape index (κ1) is 16.4. The molecule has 0 aromatic rings. The highest BCUT2D eigenvalue weighted by Crippen LogP contribution is 2.21. The van der Waals surface area contributed by atoms with Gasteiger partial charge >= 0.3 is 0 Å². The van der Waals surface area contributed by atoms with Gasteiger partial charge in [-0.05, 0) is 46.0 Å². The zero-order valence-electron chi connectivity index (χ0n) is 12.1. The maximum absolute atomic E-state index is 5.51. The fourth-order valence-electron chi connectivity index (χ4n) is 1.43. The summed E-state index contributed by atoms with van der Waals surface area (Å²) >= 11 is 0. The third-order valence-electron chi connectivity index (χ3n) is 3.17. The van der Waals surface area contributed by atoms with Crippen LogP contribution >= 0.6 is 0 Å². The number of ether oxygens (including phenoxy) is 1. The molecule has 0 aliphatic carbocycles. The van der Waals surface area contributed by atoms with Crippen molar-refractivity contribution in [2.75, 3.05) is 13.7 Å². The molecule has 17 heavy (non-hydrogen) atoms. The zero-order valence-corrected chi connectivity index (χ0v) is 12.1. The highest BCUT2D eigenvalue weighted by Gasteiger charge is 2.16. The quantitative estimate of drug-likeness (QED) is 0.656. The molecule has 0 radical (unpaired) electrons. The predicted molar refractivity (Wildman–Crippen MR) is 76.1 cm³/mol. The van der Waals surface area contributed by atoms with Crippen LogP contribution < -0.4 is 5.73 Å². The van der Waals surface area contributed by atoms with E-state index in [4.69, 9.17) is 10.5 Å². The molecule has 0 aromatic heterocycles. The van der Waals surface area contributed by atoms with E-state index in [0.29, 0.717) is 12.5 Å². The topological polar surface area (TPSA) is 35.2 Å². The summed E-state index contributed by atoms with van der Waals surface area (Å²) < 4.78 is 5.42. The van der Waals surface area contributed by atoms with E-state index in [0.717, 1.165) is 12.8 Å². The summed E-state index contributed by atoms with van der Waals surface area (Å²) in [6, 6.07) is 0. The van der Waals surface area contributed by atoms with Crippen molar-refractivity contribution >= 4 is 0 Å². The van der Waals surface area contributed by atoms with Gasteiger partial charge in [0.1, 0.15) is 0 Å². The van der Waals surface area contributed by atoms with E-state index >= 15 is 0 Å². The molecule has 0 fully saturated rings. The lowest BCUT2D eigenvalue weighted by atomic mass is 9.94. The lowest BCUT2D eigenvalue weighted by molar-refractivity contribution is 0.0109. The Kier molecular flexibility index (Phi) is 8.19. The van der Waals surface area contributed by atoms with Crippen LogP contribution in [0, 0.1) is 5.92 Å². The minimum atomic E-state index is 0.00795. The third-order valence-corrected chi connectivity index (χ3v) is 3.17. The summed E-state index contributed by atoms with van der Waals surface area (Å²) in [6.45, 7) is 9.26. The molecule has 0 heterocycles. The summed E-state index contributed by atoms with van der Waals surface area (Å²) in [5, 5.41) is 0. The molecule has 0 bridgehead atoms. The summed E-state index contributed by atoms with van der Waals surface area (Å²) in [4.78, 5) is 0. The Bertz CT molecular complexity index is 254. The Balaban J connectivity index is 3.84. The Morgan fingerprint density at radius 1 is 1.41 bits per heavy atom. The van der Waals surface area contributed by atoms with E-state index < -0.39 is 0 Å². The van der Waals surface area contributed by atoms with Crippen molar-refractivity contribution in [1.29, 1.82) is 0 Å². The van der Waals surface area contributed by atoms with Crippen molar-refractivity contribution in [3.05, 3.63) is 23.8 Å². The van der Waals surface area contributed by atoms with E-state index in [1.165, 1.54) is 12.0 Å². The van der Waals surface area contributed by atoms with Crippen LogP contribution in [0.1, 0.15) is 47.0 Å². The monoisotopic (exact) mass is 239 g/mol. The van der Waals surface area contributed by atoms with Gasteiger partial charge in [-0.2, -0.15) is 0 Å². The second-order valence-corrected chi connectivity index (χ2v) is 5.49. The van der Waals surface area contributed by atoms with Gasteiger partial charge < -0.3 is 10.5 Å². The predicted octanol–water partition coefficient (Wildman–Crippen LogP) is 3.68. The third kappa shape index (κ3) is 9.13. The van der Waals surface area contributed by atoms with Gasteiger partial charge in [0.25, 0.3) is 0 Å². The first-order chi connectivity index (χ1) is 7.91. The second-order valence-electron chi connectivity index (χ2n) is 5.49. The Labute approximate surface area is 107 Å². The lowest BCUT2D eigenvalue weighted by Crippen LogP contribution is -2.22. The van der Waals surface area contributed by atoms with E-state index in [-0.39, 0.29) is 5.60 Å². The molecule has 1 atom stereocenters. The molecule has 0 aromatic carbocycles. The van der Waals surface area contributed by atoms with Gasteiger partial charge in [-0.15, -0.1) is 0 Å². The number of hydrogen-bond donors (Lipinski definition) is 1. The molecule has 0 aliphatic rings. The van der Waals surface area contributed by atoms with Crippen LogP contribution in [-0.4, -0.2) is 19.3 Å². The molecule has 2 heteroatoms. The van der Waals surface area contributed by atoms with Crippen LogP contribution in [0.5, 0.6) is 0 Å². The molecular formula is C15H29NO. The smallest absolute Gasteiger partial charge is 0.0622 e. The number of hydrogen-bond acceptors (Lipinski definition) is 2. The average Bonchev–Trinajstić information content (AvgIpc) is 2.32. The number of rotatable bonds is 8. The van der Waals surface area contributed by atoms with Crippen LogP contribution in [0.2, 0.25) is 0 Å². The van der Waals surface area contributed by atoms with E-state index in [1.54, 1.807) is 7.11 Å². The van der Waals surface area contributed by atoms with Crippen LogP contribution in [0.25, 0.3) is 0 Å². The molecule has 0 amide bonds. The van der Waals surface area contributed by atoms with Crippen molar-refractivity contribution in [3.63, 3.8) is 0 Å². The van der Waals surface area contributed by atoms with Gasteiger partial charge in [0.2, 0.25) is 0 Å². The second kappa shape index (κ2) is 8.48. The number of methoxy groups -OCH3 is 1. The van der Waals surface area contributed by atoms with Gasteiger partial charge in [0, 0.05) is 13.7 Å². The molecular weight excluding hydrogens is 210 g/mol. The Morgan fingerprint density at radius 2 is 2.06 bits per heavy atom. The van der Waals surface area contributed by atoms with E-state index in [9.17, 15) is 0 Å². The van der Waals surface area contributed by atoms with Gasteiger partial charge in [-0.25, -0.2) is 0 Å². The number of allylic oxidation sites excluding steroid dienone is 3. The first-order valence-corrected chi connectivity index (χ1v) is 6.49. The van der Waals surface area contributed by atoms with Crippen LogP contribution in [0.4, 0.5) is 0 Å². The maximum Gasteiger partial charge on any atom is 0.0622 e. The highest BCUT2D eigenvalue weighted by molar-refractivity contribution is 5.11. The van der Waals surface area contributed by atoms with E-state index in [1.807, 2.05) is 0 Å².